The highest BCUT2D eigenvalue weighted by Gasteiger charge is 2.23. The molecule has 0 saturated heterocycles. The van der Waals surface area contributed by atoms with Gasteiger partial charge in [-0.3, -0.25) is 4.79 Å². The predicted octanol–water partition coefficient (Wildman–Crippen LogP) is 4.64. The summed E-state index contributed by atoms with van der Waals surface area (Å²) in [5.74, 6) is -0.0279. The molecule has 0 bridgehead atoms. The number of aromatic nitrogens is 1. The van der Waals surface area contributed by atoms with Crippen molar-refractivity contribution in [2.75, 3.05) is 5.32 Å². The van der Waals surface area contributed by atoms with Crippen LogP contribution < -0.4 is 10.6 Å². The van der Waals surface area contributed by atoms with Crippen LogP contribution in [0.15, 0.2) is 72.8 Å². The molecule has 0 aliphatic carbocycles. The minimum Gasteiger partial charge on any atom is -0.317 e. The summed E-state index contributed by atoms with van der Waals surface area (Å²) in [6.07, 6.45) is 0. The SMILES string of the molecule is Cc1nc(NC(=S)NC(=O)C(c2ccccc2)c2ccccc2)ccc1I. The van der Waals surface area contributed by atoms with E-state index in [0.717, 1.165) is 20.4 Å². The van der Waals surface area contributed by atoms with Crippen molar-refractivity contribution in [2.24, 2.45) is 0 Å². The number of pyridine rings is 1. The normalized spacial score (nSPS) is 10.5. The van der Waals surface area contributed by atoms with Crippen LogP contribution in [0.2, 0.25) is 0 Å². The fourth-order valence-corrected chi connectivity index (χ4v) is 3.24. The number of rotatable bonds is 4. The lowest BCUT2D eigenvalue weighted by Gasteiger charge is -2.18. The van der Waals surface area contributed by atoms with Crippen LogP contribution in [0.25, 0.3) is 0 Å². The Morgan fingerprint density at radius 1 is 0.963 bits per heavy atom. The van der Waals surface area contributed by atoms with Crippen LogP contribution in [0, 0.1) is 10.5 Å². The molecule has 2 N–H and O–H groups in total. The summed E-state index contributed by atoms with van der Waals surface area (Å²) in [5, 5.41) is 6.01. The molecular weight excluding hydrogens is 469 g/mol. The molecular formula is C21H18IN3OS. The van der Waals surface area contributed by atoms with Crippen molar-refractivity contribution in [3.05, 3.63) is 93.2 Å². The molecule has 0 aliphatic rings. The molecule has 1 aromatic heterocycles. The number of thiocarbonyl (C=S) groups is 1. The van der Waals surface area contributed by atoms with Gasteiger partial charge in [-0.2, -0.15) is 0 Å². The van der Waals surface area contributed by atoms with E-state index < -0.39 is 5.92 Å². The Bertz CT molecular complexity index is 909. The maximum Gasteiger partial charge on any atom is 0.238 e. The first kappa shape index (κ1) is 19.4. The van der Waals surface area contributed by atoms with Crippen LogP contribution in [-0.2, 0) is 4.79 Å². The van der Waals surface area contributed by atoms with E-state index in [4.69, 9.17) is 12.2 Å². The van der Waals surface area contributed by atoms with Crippen molar-refractivity contribution in [3.63, 3.8) is 0 Å². The summed E-state index contributed by atoms with van der Waals surface area (Å²) < 4.78 is 1.07. The lowest BCUT2D eigenvalue weighted by atomic mass is 9.90. The number of amides is 1. The Hall–Kier alpha value is -2.32. The fraction of sp³-hybridized carbons (Fsp3) is 0.0952. The van der Waals surface area contributed by atoms with E-state index in [0.29, 0.717) is 5.82 Å². The second-order valence-corrected chi connectivity index (χ2v) is 7.53. The molecule has 1 heterocycles. The third-order valence-corrected chi connectivity index (χ3v) is 5.37. The van der Waals surface area contributed by atoms with E-state index in [1.54, 1.807) is 0 Å². The molecule has 3 aromatic rings. The number of carbonyl (C=O) groups is 1. The fourth-order valence-electron chi connectivity index (χ4n) is 2.73. The molecule has 6 heteroatoms. The zero-order chi connectivity index (χ0) is 19.2. The number of nitrogens with zero attached hydrogens (tertiary/aromatic N) is 1. The maximum atomic E-state index is 13.0. The zero-order valence-corrected chi connectivity index (χ0v) is 17.6. The largest absolute Gasteiger partial charge is 0.317 e. The van der Waals surface area contributed by atoms with Crippen molar-refractivity contribution in [1.82, 2.24) is 10.3 Å². The molecule has 0 unspecified atom stereocenters. The molecule has 136 valence electrons. The standard InChI is InChI=1S/C21H18IN3OS/c1-14-17(22)12-13-18(23-14)24-21(27)25-20(26)19(15-8-4-2-5-9-15)16-10-6-3-7-11-16/h2-13,19H,1H3,(H2,23,24,25,26,27). The molecule has 0 aliphatic heterocycles. The second kappa shape index (κ2) is 9.05. The van der Waals surface area contributed by atoms with Gasteiger partial charge in [0, 0.05) is 3.57 Å². The Balaban J connectivity index is 1.78. The van der Waals surface area contributed by atoms with Gasteiger partial charge in [-0.05, 0) is 65.0 Å². The molecule has 0 atom stereocenters. The maximum absolute atomic E-state index is 13.0. The Labute approximate surface area is 177 Å². The second-order valence-electron chi connectivity index (χ2n) is 5.96. The highest BCUT2D eigenvalue weighted by atomic mass is 127. The van der Waals surface area contributed by atoms with Gasteiger partial charge in [0.1, 0.15) is 5.82 Å². The molecule has 0 fully saturated rings. The van der Waals surface area contributed by atoms with E-state index in [2.05, 4.69) is 38.2 Å². The van der Waals surface area contributed by atoms with E-state index in [-0.39, 0.29) is 11.0 Å². The van der Waals surface area contributed by atoms with Gasteiger partial charge in [-0.15, -0.1) is 0 Å². The van der Waals surface area contributed by atoms with Gasteiger partial charge < -0.3 is 10.6 Å². The molecule has 1 amide bonds. The number of hydrogen-bond donors (Lipinski definition) is 2. The Morgan fingerprint density at radius 2 is 1.52 bits per heavy atom. The average molecular weight is 487 g/mol. The summed E-state index contributed by atoms with van der Waals surface area (Å²) in [6, 6.07) is 23.1. The first-order valence-electron chi connectivity index (χ1n) is 8.39. The first-order valence-corrected chi connectivity index (χ1v) is 9.88. The molecule has 27 heavy (non-hydrogen) atoms. The van der Waals surface area contributed by atoms with Crippen LogP contribution in [0.4, 0.5) is 5.82 Å². The summed E-state index contributed by atoms with van der Waals surface area (Å²) in [6.45, 7) is 1.93. The Kier molecular flexibility index (Phi) is 6.52. The zero-order valence-electron chi connectivity index (χ0n) is 14.6. The summed E-state index contributed by atoms with van der Waals surface area (Å²) in [5.41, 5.74) is 2.72. The molecule has 4 nitrogen and oxygen atoms in total. The molecule has 2 aromatic carbocycles. The van der Waals surface area contributed by atoms with Gasteiger partial charge in [-0.1, -0.05) is 60.7 Å². The van der Waals surface area contributed by atoms with E-state index in [1.807, 2.05) is 79.7 Å². The minimum absolute atomic E-state index is 0.188. The molecule has 3 rings (SSSR count). The quantitative estimate of drug-likeness (QED) is 0.416. The van der Waals surface area contributed by atoms with Gasteiger partial charge >= 0.3 is 0 Å². The van der Waals surface area contributed by atoms with Crippen molar-refractivity contribution in [1.29, 1.82) is 0 Å². The average Bonchev–Trinajstić information content (AvgIpc) is 2.66. The third kappa shape index (κ3) is 5.11. The first-order chi connectivity index (χ1) is 13.0. The van der Waals surface area contributed by atoms with E-state index in [9.17, 15) is 4.79 Å². The van der Waals surface area contributed by atoms with Crippen LogP contribution in [0.1, 0.15) is 22.7 Å². The number of aryl methyl sites for hydroxylation is 1. The summed E-state index contributed by atoms with van der Waals surface area (Å²) >= 11 is 7.55. The van der Waals surface area contributed by atoms with Crippen molar-refractivity contribution < 1.29 is 4.79 Å². The smallest absolute Gasteiger partial charge is 0.238 e. The number of anilines is 1. The monoisotopic (exact) mass is 487 g/mol. The van der Waals surface area contributed by atoms with Crippen LogP contribution >= 0.6 is 34.8 Å². The van der Waals surface area contributed by atoms with Gasteiger partial charge in [0.15, 0.2) is 5.11 Å². The summed E-state index contributed by atoms with van der Waals surface area (Å²) in [7, 11) is 0. The molecule has 0 radical (unpaired) electrons. The number of benzene rings is 2. The van der Waals surface area contributed by atoms with Crippen molar-refractivity contribution in [3.8, 4) is 0 Å². The summed E-state index contributed by atoms with van der Waals surface area (Å²) in [4.78, 5) is 17.4. The third-order valence-electron chi connectivity index (χ3n) is 4.03. The number of carbonyl (C=O) groups excluding carboxylic acids is 1. The number of nitrogens with one attached hydrogen (secondary N) is 2. The van der Waals surface area contributed by atoms with E-state index >= 15 is 0 Å². The number of hydrogen-bond acceptors (Lipinski definition) is 3. The number of halogens is 1. The van der Waals surface area contributed by atoms with Crippen molar-refractivity contribution >= 4 is 51.6 Å². The van der Waals surface area contributed by atoms with Gasteiger partial charge in [-0.25, -0.2) is 4.98 Å². The van der Waals surface area contributed by atoms with Gasteiger partial charge in [0.05, 0.1) is 11.6 Å². The van der Waals surface area contributed by atoms with Crippen LogP contribution in [-0.4, -0.2) is 16.0 Å². The minimum atomic E-state index is -0.446. The van der Waals surface area contributed by atoms with Crippen LogP contribution in [0.3, 0.4) is 0 Å². The van der Waals surface area contributed by atoms with Crippen molar-refractivity contribution in [2.45, 2.75) is 12.8 Å². The van der Waals surface area contributed by atoms with Gasteiger partial charge in [0.25, 0.3) is 0 Å². The van der Waals surface area contributed by atoms with Crippen LogP contribution in [0.5, 0.6) is 0 Å². The highest BCUT2D eigenvalue weighted by molar-refractivity contribution is 14.1. The van der Waals surface area contributed by atoms with E-state index in [1.165, 1.54) is 0 Å². The van der Waals surface area contributed by atoms with Gasteiger partial charge in [0.2, 0.25) is 5.91 Å². The lowest BCUT2D eigenvalue weighted by molar-refractivity contribution is -0.120. The molecule has 0 spiro atoms. The Morgan fingerprint density at radius 3 is 2.04 bits per heavy atom. The molecule has 0 saturated carbocycles. The lowest BCUT2D eigenvalue weighted by Crippen LogP contribution is -2.38. The topological polar surface area (TPSA) is 54.0 Å². The highest BCUT2D eigenvalue weighted by Crippen LogP contribution is 2.24. The predicted molar refractivity (Wildman–Crippen MR) is 121 cm³/mol.